The van der Waals surface area contributed by atoms with Crippen molar-refractivity contribution in [1.82, 2.24) is 0 Å². The molecule has 0 aliphatic heterocycles. The Morgan fingerprint density at radius 3 is 1.73 bits per heavy atom. The van der Waals surface area contributed by atoms with Gasteiger partial charge in [0.15, 0.2) is 0 Å². The van der Waals surface area contributed by atoms with Gasteiger partial charge in [-0.05, 0) is 12.8 Å². The molecule has 0 rings (SSSR count). The van der Waals surface area contributed by atoms with Crippen molar-refractivity contribution in [3.05, 3.63) is 0 Å². The monoisotopic (exact) mass is 246 g/mol. The van der Waals surface area contributed by atoms with Crippen LogP contribution in [0.1, 0.15) is 25.7 Å². The van der Waals surface area contributed by atoms with Gasteiger partial charge < -0.3 is 9.31 Å². The third kappa shape index (κ3) is 13.4. The zero-order valence-corrected chi connectivity index (χ0v) is 10.0. The topological polar surface area (TPSA) is 18.5 Å². The van der Waals surface area contributed by atoms with Crippen LogP contribution in [0.5, 0.6) is 0 Å². The van der Waals surface area contributed by atoms with Gasteiger partial charge in [-0.25, -0.2) is 0 Å². The van der Waals surface area contributed by atoms with Crippen LogP contribution in [0.3, 0.4) is 0 Å². The minimum Gasteiger partial charge on any atom is -0.479 e. The lowest BCUT2D eigenvalue weighted by Crippen LogP contribution is -1.94. The van der Waals surface area contributed by atoms with E-state index in [1.165, 1.54) is 0 Å². The first-order chi connectivity index (χ1) is 7.41. The summed E-state index contributed by atoms with van der Waals surface area (Å²) in [4.78, 5) is 0. The van der Waals surface area contributed by atoms with E-state index in [2.05, 4.69) is 24.1 Å². The molecule has 0 aromatic heterocycles. The second kappa shape index (κ2) is 13.4. The van der Waals surface area contributed by atoms with Gasteiger partial charge in [-0.1, -0.05) is 11.8 Å². The third-order valence-electron chi connectivity index (χ3n) is 1.28. The van der Waals surface area contributed by atoms with Crippen LogP contribution < -0.4 is 0 Å². The average molecular weight is 247 g/mol. The number of rotatable bonds is 6. The van der Waals surface area contributed by atoms with Gasteiger partial charge in [0.25, 0.3) is 0 Å². The molecule has 0 saturated heterocycles. The summed E-state index contributed by atoms with van der Waals surface area (Å²) in [6.45, 7) is 0. The summed E-state index contributed by atoms with van der Waals surface area (Å²) in [5, 5.41) is 0. The Hall–Kier alpha value is -0.635. The van der Waals surface area contributed by atoms with E-state index in [1.807, 2.05) is 0 Å². The molecule has 0 N–H and O–H groups in total. The van der Waals surface area contributed by atoms with Crippen molar-refractivity contribution in [2.24, 2.45) is 0 Å². The molecule has 82 valence electrons. The molecule has 0 radical (unpaired) electrons. The molecule has 2 nitrogen and oxygen atoms in total. The maximum absolute atomic E-state index is 5.46. The van der Waals surface area contributed by atoms with Crippen molar-refractivity contribution < 1.29 is 9.31 Å². The zero-order valence-electron chi connectivity index (χ0n) is 8.52. The molecule has 0 fully saturated rings. The van der Waals surface area contributed by atoms with Crippen LogP contribution in [0.25, 0.3) is 0 Å². The predicted octanol–water partition coefficient (Wildman–Crippen LogP) is 2.25. The van der Waals surface area contributed by atoms with Crippen molar-refractivity contribution in [2.45, 2.75) is 25.7 Å². The van der Waals surface area contributed by atoms with Crippen molar-refractivity contribution in [2.75, 3.05) is 11.8 Å². The molecule has 0 spiro atoms. The summed E-state index contributed by atoms with van der Waals surface area (Å²) in [6.07, 6.45) is 8.23. The maximum atomic E-state index is 5.46. The van der Waals surface area contributed by atoms with E-state index in [1.54, 1.807) is 0 Å². The van der Waals surface area contributed by atoms with Crippen molar-refractivity contribution >= 4 is 30.9 Å². The summed E-state index contributed by atoms with van der Waals surface area (Å²) in [5.74, 6) is 6.83. The lowest BCUT2D eigenvalue weighted by Gasteiger charge is -1.90. The molecule has 0 heterocycles. The fraction of sp³-hybridized carbons (Fsp3) is 0.600. The molecule has 0 aliphatic rings. The quantitative estimate of drug-likeness (QED) is 0.310. The van der Waals surface area contributed by atoms with Crippen LogP contribution in [-0.4, -0.2) is 19.4 Å². The minimum atomic E-state index is 0.0712. The first kappa shape index (κ1) is 14.4. The van der Waals surface area contributed by atoms with Crippen molar-refractivity contribution in [3.63, 3.8) is 0 Å². The fourth-order valence-corrected chi connectivity index (χ4v) is 0.870. The molecule has 0 saturated carbocycles. The largest absolute Gasteiger partial charge is 0.594 e. The highest BCUT2D eigenvalue weighted by atomic mass is 35.5. The molecule has 15 heavy (non-hydrogen) atoms. The van der Waals surface area contributed by atoms with Gasteiger partial charge in [-0.15, -0.1) is 23.2 Å². The van der Waals surface area contributed by atoms with Gasteiger partial charge in [0.05, 0.1) is 12.2 Å². The molecule has 0 aliphatic carbocycles. The van der Waals surface area contributed by atoms with Crippen LogP contribution in [-0.2, 0) is 9.31 Å². The van der Waals surface area contributed by atoms with Crippen molar-refractivity contribution in [3.8, 4) is 24.1 Å². The van der Waals surface area contributed by atoms with E-state index in [0.717, 1.165) is 25.7 Å². The highest BCUT2D eigenvalue weighted by Gasteiger charge is 1.86. The Balaban J connectivity index is 3.21. The Kier molecular flexibility index (Phi) is 12.8. The first-order valence-corrected chi connectivity index (χ1v) is 5.80. The number of hydrogen-bond acceptors (Lipinski definition) is 2. The van der Waals surface area contributed by atoms with Crippen LogP contribution >= 0.6 is 23.2 Å². The van der Waals surface area contributed by atoms with E-state index in [0.29, 0.717) is 11.8 Å². The Bertz CT molecular complexity index is 224. The summed E-state index contributed by atoms with van der Waals surface area (Å²) in [7, 11) is 0.0712. The second-order valence-electron chi connectivity index (χ2n) is 2.55. The molecule has 0 bridgehead atoms. The van der Waals surface area contributed by atoms with E-state index in [4.69, 9.17) is 32.5 Å². The van der Waals surface area contributed by atoms with E-state index in [-0.39, 0.29) is 7.69 Å². The Labute approximate surface area is 102 Å². The lowest BCUT2D eigenvalue weighted by atomic mass is 10.3. The Morgan fingerprint density at radius 2 is 1.33 bits per heavy atom. The SMILES string of the molecule is ClCCCC#COBOC#CCCCCl. The fourth-order valence-electron chi connectivity index (χ4n) is 0.603. The summed E-state index contributed by atoms with van der Waals surface area (Å²) >= 11 is 10.9. The first-order valence-electron chi connectivity index (χ1n) is 4.73. The molecule has 0 amide bonds. The van der Waals surface area contributed by atoms with E-state index < -0.39 is 0 Å². The van der Waals surface area contributed by atoms with Crippen LogP contribution in [0.2, 0.25) is 0 Å². The normalized spacial score (nSPS) is 7.87. The average Bonchev–Trinajstić information content (AvgIpc) is 2.26. The van der Waals surface area contributed by atoms with Gasteiger partial charge in [0.2, 0.25) is 0 Å². The zero-order chi connectivity index (χ0) is 11.2. The lowest BCUT2D eigenvalue weighted by molar-refractivity contribution is 0.413. The Morgan fingerprint density at radius 1 is 0.867 bits per heavy atom. The van der Waals surface area contributed by atoms with Crippen molar-refractivity contribution in [1.29, 1.82) is 0 Å². The van der Waals surface area contributed by atoms with Gasteiger partial charge in [0, 0.05) is 24.6 Å². The van der Waals surface area contributed by atoms with Gasteiger partial charge in [-0.3, -0.25) is 0 Å². The summed E-state index contributed by atoms with van der Waals surface area (Å²) in [6, 6.07) is 0. The van der Waals surface area contributed by atoms with Gasteiger partial charge in [0.1, 0.15) is 0 Å². The van der Waals surface area contributed by atoms with Crippen LogP contribution in [0.4, 0.5) is 0 Å². The molecule has 0 aromatic carbocycles. The molecule has 0 unspecified atom stereocenters. The minimum absolute atomic E-state index is 0.0712. The number of alkyl halides is 2. The van der Waals surface area contributed by atoms with Gasteiger partial charge >= 0.3 is 7.69 Å². The van der Waals surface area contributed by atoms with E-state index in [9.17, 15) is 0 Å². The molecule has 5 heteroatoms. The molecular formula is C10H13BCl2O2. The molecule has 0 atom stereocenters. The summed E-state index contributed by atoms with van der Waals surface area (Å²) < 4.78 is 9.66. The molecular weight excluding hydrogens is 234 g/mol. The standard InChI is InChI=1S/C10H13BCl2O2/c12-7-3-1-5-9-14-11-15-10-6-2-4-8-13/h11H,1-4,7-8H2. The molecule has 0 aromatic rings. The smallest absolute Gasteiger partial charge is 0.479 e. The number of hydrogen-bond donors (Lipinski definition) is 0. The third-order valence-corrected chi connectivity index (χ3v) is 1.81. The highest BCUT2D eigenvalue weighted by Crippen LogP contribution is 1.89. The number of unbranched alkanes of at least 4 members (excludes halogenated alkanes) is 2. The van der Waals surface area contributed by atoms with Crippen LogP contribution in [0.15, 0.2) is 0 Å². The summed E-state index contributed by atoms with van der Waals surface area (Å²) in [5.41, 5.74) is 0. The maximum Gasteiger partial charge on any atom is 0.594 e. The van der Waals surface area contributed by atoms with Crippen LogP contribution in [0, 0.1) is 24.1 Å². The van der Waals surface area contributed by atoms with Gasteiger partial charge in [-0.2, -0.15) is 0 Å². The highest BCUT2D eigenvalue weighted by molar-refractivity contribution is 6.19. The second-order valence-corrected chi connectivity index (χ2v) is 3.31. The predicted molar refractivity (Wildman–Crippen MR) is 64.8 cm³/mol. The van der Waals surface area contributed by atoms with E-state index >= 15 is 0 Å². The number of halogens is 2.